The Morgan fingerprint density at radius 3 is 2.50 bits per heavy atom. The number of carbonyl (C=O) groups is 1. The first-order valence-corrected chi connectivity index (χ1v) is 14.2. The molecule has 218 valence electrons. The first kappa shape index (κ1) is 29.7. The summed E-state index contributed by atoms with van der Waals surface area (Å²) in [7, 11) is 0. The van der Waals surface area contributed by atoms with Gasteiger partial charge in [0.05, 0.1) is 19.3 Å². The molecule has 3 aromatic carbocycles. The Labute approximate surface area is 252 Å². The highest BCUT2D eigenvalue weighted by atomic mass is 35.5. The zero-order valence-electron chi connectivity index (χ0n) is 23.3. The molecule has 0 aliphatic carbocycles. The number of rotatable bonds is 10. The second-order valence-corrected chi connectivity index (χ2v) is 10.6. The molecule has 0 amide bonds. The zero-order chi connectivity index (χ0) is 30.0. The van der Waals surface area contributed by atoms with Crippen molar-refractivity contribution in [1.82, 2.24) is 10.3 Å². The van der Waals surface area contributed by atoms with Gasteiger partial charge in [0.15, 0.2) is 0 Å². The van der Waals surface area contributed by atoms with Crippen LogP contribution >= 0.6 is 23.2 Å². The molecule has 8 nitrogen and oxygen atoms in total. The molecule has 0 saturated carbocycles. The van der Waals surface area contributed by atoms with Crippen molar-refractivity contribution >= 4 is 50.9 Å². The monoisotopic (exact) mass is 608 g/mol. The predicted molar refractivity (Wildman–Crippen MR) is 163 cm³/mol. The summed E-state index contributed by atoms with van der Waals surface area (Å²) < 4.78 is 17.5. The Kier molecular flexibility index (Phi) is 8.89. The first-order valence-electron chi connectivity index (χ1n) is 13.5. The summed E-state index contributed by atoms with van der Waals surface area (Å²) in [5, 5.41) is 27.5. The summed E-state index contributed by atoms with van der Waals surface area (Å²) in [5.74, 6) is 0.111. The lowest BCUT2D eigenvalue weighted by atomic mass is 9.90. The molecule has 0 radical (unpaired) electrons. The molecule has 2 aromatic heterocycles. The van der Waals surface area contributed by atoms with E-state index in [0.29, 0.717) is 54.6 Å². The Morgan fingerprint density at radius 2 is 1.81 bits per heavy atom. The molecule has 0 bridgehead atoms. The van der Waals surface area contributed by atoms with Crippen LogP contribution < -0.4 is 10.1 Å². The second kappa shape index (κ2) is 12.6. The number of nitrogens with zero attached hydrogens (tertiary/aromatic N) is 1. The number of phenols is 1. The van der Waals surface area contributed by atoms with Crippen LogP contribution in [0.3, 0.4) is 0 Å². The highest BCUT2D eigenvalue weighted by Crippen LogP contribution is 2.45. The van der Waals surface area contributed by atoms with Crippen LogP contribution in [0, 0.1) is 13.8 Å². The van der Waals surface area contributed by atoms with Gasteiger partial charge in [0.2, 0.25) is 5.88 Å². The fraction of sp³-hybridized carbons (Fsp3) is 0.250. The third-order valence-corrected chi connectivity index (χ3v) is 7.87. The minimum atomic E-state index is -0.692. The molecule has 0 fully saturated rings. The van der Waals surface area contributed by atoms with Crippen molar-refractivity contribution in [3.05, 3.63) is 98.4 Å². The molecular formula is C32H30Cl2N2O6. The molecule has 5 rings (SSSR count). The average molecular weight is 610 g/mol. The summed E-state index contributed by atoms with van der Waals surface area (Å²) in [6.45, 7) is 5.65. The lowest BCUT2D eigenvalue weighted by molar-refractivity contribution is 0.0526. The Balaban J connectivity index is 1.65. The first-order chi connectivity index (χ1) is 20.2. The van der Waals surface area contributed by atoms with Crippen LogP contribution in [0.4, 0.5) is 0 Å². The van der Waals surface area contributed by atoms with E-state index in [1.807, 2.05) is 25.1 Å². The predicted octanol–water partition coefficient (Wildman–Crippen LogP) is 7.04. The number of esters is 1. The van der Waals surface area contributed by atoms with Crippen LogP contribution in [0.1, 0.15) is 51.3 Å². The van der Waals surface area contributed by atoms with Gasteiger partial charge in [-0.05, 0) is 55.7 Å². The Morgan fingerprint density at radius 1 is 1.10 bits per heavy atom. The molecule has 3 N–H and O–H groups in total. The molecule has 1 atom stereocenters. The van der Waals surface area contributed by atoms with Crippen molar-refractivity contribution in [1.29, 1.82) is 0 Å². The van der Waals surface area contributed by atoms with Crippen LogP contribution in [0.2, 0.25) is 10.0 Å². The van der Waals surface area contributed by atoms with E-state index in [4.69, 9.17) is 37.1 Å². The van der Waals surface area contributed by atoms with E-state index in [-0.39, 0.29) is 37.7 Å². The lowest BCUT2D eigenvalue weighted by Crippen LogP contribution is -2.26. The second-order valence-electron chi connectivity index (χ2n) is 9.78. The van der Waals surface area contributed by atoms with Gasteiger partial charge in [0, 0.05) is 50.6 Å². The molecule has 0 aliphatic rings. The van der Waals surface area contributed by atoms with Gasteiger partial charge in [-0.25, -0.2) is 9.78 Å². The molecule has 0 spiro atoms. The number of hydrogen-bond donors (Lipinski definition) is 3. The van der Waals surface area contributed by atoms with E-state index in [0.717, 1.165) is 11.1 Å². The lowest BCUT2D eigenvalue weighted by Gasteiger charge is -2.23. The van der Waals surface area contributed by atoms with Gasteiger partial charge < -0.3 is 29.4 Å². The number of furan rings is 1. The molecule has 0 aliphatic heterocycles. The number of aryl methyl sites for hydroxylation is 1. The van der Waals surface area contributed by atoms with Crippen LogP contribution in [-0.4, -0.2) is 40.9 Å². The quantitative estimate of drug-likeness (QED) is 0.145. The fourth-order valence-electron chi connectivity index (χ4n) is 5.09. The van der Waals surface area contributed by atoms with Gasteiger partial charge in [-0.3, -0.25) is 0 Å². The number of halogens is 2. The number of benzene rings is 3. The number of aliphatic hydroxyl groups is 1. The molecule has 1 unspecified atom stereocenters. The third kappa shape index (κ3) is 5.63. The number of aromatic hydroxyl groups is 1. The SMILES string of the molecule is CCOC(=O)c1c(C)oc2c1c(C(NCCO)c1ccnc(OCc3cc(Cl)c(C)c(Cl)c3)c1)c(O)c1ccccc12. The third-order valence-electron chi connectivity index (χ3n) is 7.08. The molecular weight excluding hydrogens is 579 g/mol. The van der Waals surface area contributed by atoms with Crippen molar-refractivity contribution in [2.45, 2.75) is 33.4 Å². The number of aromatic nitrogens is 1. The minimum absolute atomic E-state index is 0.0249. The smallest absolute Gasteiger partial charge is 0.342 e. The van der Waals surface area contributed by atoms with E-state index < -0.39 is 12.0 Å². The summed E-state index contributed by atoms with van der Waals surface area (Å²) in [4.78, 5) is 17.5. The number of pyridine rings is 1. The van der Waals surface area contributed by atoms with Gasteiger partial charge in [-0.15, -0.1) is 0 Å². The number of fused-ring (bicyclic) bond motifs is 3. The molecule has 10 heteroatoms. The van der Waals surface area contributed by atoms with Crippen molar-refractivity contribution in [3.63, 3.8) is 0 Å². The van der Waals surface area contributed by atoms with Gasteiger partial charge in [-0.2, -0.15) is 0 Å². The van der Waals surface area contributed by atoms with Gasteiger partial charge >= 0.3 is 5.97 Å². The van der Waals surface area contributed by atoms with Crippen LogP contribution in [0.25, 0.3) is 21.7 Å². The fourth-order valence-corrected chi connectivity index (χ4v) is 5.62. The van der Waals surface area contributed by atoms with E-state index in [1.54, 1.807) is 50.4 Å². The molecule has 2 heterocycles. The standard InChI is InChI=1S/C32H30Cl2N2O6/c1-4-40-32(39)26-18(3)42-31-22-8-6-5-7-21(22)30(38)28(27(26)31)29(36-11-12-37)20-9-10-35-25(15-20)41-16-19-13-23(33)17(2)24(34)14-19/h5-10,13-15,29,36-38H,4,11-12,16H2,1-3H3. The summed E-state index contributed by atoms with van der Waals surface area (Å²) in [6.07, 6.45) is 1.59. The van der Waals surface area contributed by atoms with Crippen LogP contribution in [0.5, 0.6) is 11.6 Å². The zero-order valence-corrected chi connectivity index (χ0v) is 24.8. The van der Waals surface area contributed by atoms with Crippen molar-refractivity contribution in [3.8, 4) is 11.6 Å². The maximum atomic E-state index is 13.2. The molecule has 0 saturated heterocycles. The van der Waals surface area contributed by atoms with Crippen LogP contribution in [-0.2, 0) is 11.3 Å². The van der Waals surface area contributed by atoms with Crippen LogP contribution in [0.15, 0.2) is 59.1 Å². The average Bonchev–Trinajstić information content (AvgIpc) is 3.33. The van der Waals surface area contributed by atoms with Gasteiger partial charge in [0.1, 0.15) is 29.3 Å². The Hall–Kier alpha value is -3.82. The van der Waals surface area contributed by atoms with Crippen molar-refractivity contribution < 1.29 is 28.9 Å². The number of aliphatic hydroxyl groups excluding tert-OH is 1. The van der Waals surface area contributed by atoms with Crippen molar-refractivity contribution in [2.24, 2.45) is 0 Å². The molecule has 42 heavy (non-hydrogen) atoms. The highest BCUT2D eigenvalue weighted by molar-refractivity contribution is 6.36. The van der Waals surface area contributed by atoms with E-state index in [2.05, 4.69) is 10.3 Å². The number of phenolic OH excluding ortho intramolecular Hbond substituents is 1. The Bertz CT molecular complexity index is 1760. The maximum absolute atomic E-state index is 13.2. The van der Waals surface area contributed by atoms with Gasteiger partial charge in [0.25, 0.3) is 0 Å². The van der Waals surface area contributed by atoms with E-state index >= 15 is 0 Å². The van der Waals surface area contributed by atoms with Gasteiger partial charge in [-0.1, -0.05) is 47.5 Å². The topological polar surface area (TPSA) is 114 Å². The molecule has 5 aromatic rings. The van der Waals surface area contributed by atoms with Crippen molar-refractivity contribution in [2.75, 3.05) is 19.8 Å². The number of nitrogens with one attached hydrogen (secondary N) is 1. The van der Waals surface area contributed by atoms with E-state index in [9.17, 15) is 15.0 Å². The summed E-state index contributed by atoms with van der Waals surface area (Å²) in [6, 6.07) is 13.7. The van der Waals surface area contributed by atoms with E-state index in [1.165, 1.54) is 0 Å². The summed E-state index contributed by atoms with van der Waals surface area (Å²) in [5.41, 5.74) is 3.34. The minimum Gasteiger partial charge on any atom is -0.507 e. The number of hydrogen-bond acceptors (Lipinski definition) is 8. The highest BCUT2D eigenvalue weighted by Gasteiger charge is 2.31. The number of ether oxygens (including phenoxy) is 2. The maximum Gasteiger partial charge on any atom is 0.342 e. The largest absolute Gasteiger partial charge is 0.507 e. The summed E-state index contributed by atoms with van der Waals surface area (Å²) >= 11 is 12.6. The normalized spacial score (nSPS) is 12.1. The number of carbonyl (C=O) groups excluding carboxylic acids is 1.